The highest BCUT2D eigenvalue weighted by Crippen LogP contribution is 2.22. The van der Waals surface area contributed by atoms with E-state index in [0.29, 0.717) is 6.54 Å². The van der Waals surface area contributed by atoms with Gasteiger partial charge in [0.15, 0.2) is 0 Å². The zero-order valence-corrected chi connectivity index (χ0v) is 11.3. The largest absolute Gasteiger partial charge is 0.491 e. The second-order valence-corrected chi connectivity index (χ2v) is 4.51. The van der Waals surface area contributed by atoms with E-state index in [-0.39, 0.29) is 12.5 Å². The molecule has 0 aromatic heterocycles. The number of anilines is 1. The van der Waals surface area contributed by atoms with Gasteiger partial charge in [-0.2, -0.15) is 13.2 Å². The highest BCUT2D eigenvalue weighted by atomic mass is 19.4. The molecule has 0 fully saturated rings. The summed E-state index contributed by atoms with van der Waals surface area (Å²) < 4.78 is 41.6. The zero-order valence-electron chi connectivity index (χ0n) is 11.3. The number of benzene rings is 1. The van der Waals surface area contributed by atoms with E-state index in [2.05, 4.69) is 5.32 Å². The van der Waals surface area contributed by atoms with Crippen molar-refractivity contribution in [3.63, 3.8) is 0 Å². The van der Waals surface area contributed by atoms with Crippen molar-refractivity contribution in [1.82, 2.24) is 0 Å². The molecule has 1 N–H and O–H groups in total. The molecule has 0 amide bonds. The fourth-order valence-corrected chi connectivity index (χ4v) is 1.52. The first-order valence-electron chi connectivity index (χ1n) is 6.48. The summed E-state index contributed by atoms with van der Waals surface area (Å²) in [5.74, 6) is 0.732. The molecule has 19 heavy (non-hydrogen) atoms. The lowest BCUT2D eigenvalue weighted by Gasteiger charge is -2.14. The van der Waals surface area contributed by atoms with Crippen LogP contribution in [-0.4, -0.2) is 18.8 Å². The minimum absolute atomic E-state index is 0.0694. The fourth-order valence-electron chi connectivity index (χ4n) is 1.52. The summed E-state index contributed by atoms with van der Waals surface area (Å²) >= 11 is 0. The van der Waals surface area contributed by atoms with Crippen LogP contribution in [0.25, 0.3) is 0 Å². The molecule has 0 aliphatic heterocycles. The first kappa shape index (κ1) is 15.7. The number of halogens is 3. The minimum atomic E-state index is -4.08. The van der Waals surface area contributed by atoms with Crippen LogP contribution >= 0.6 is 0 Å². The second-order valence-electron chi connectivity index (χ2n) is 4.51. The molecule has 0 heterocycles. The molecule has 1 aromatic carbocycles. The van der Waals surface area contributed by atoms with Gasteiger partial charge < -0.3 is 10.1 Å². The van der Waals surface area contributed by atoms with Gasteiger partial charge in [-0.1, -0.05) is 13.0 Å². The van der Waals surface area contributed by atoms with Crippen LogP contribution in [0, 0.1) is 0 Å². The number of alkyl halides is 3. The van der Waals surface area contributed by atoms with Gasteiger partial charge in [0, 0.05) is 24.7 Å². The molecule has 108 valence electrons. The van der Waals surface area contributed by atoms with Gasteiger partial charge in [0.1, 0.15) is 5.75 Å². The first-order valence-corrected chi connectivity index (χ1v) is 6.48. The summed E-state index contributed by atoms with van der Waals surface area (Å²) in [6.07, 6.45) is -3.74. The maximum Gasteiger partial charge on any atom is 0.389 e. The third kappa shape index (κ3) is 6.94. The molecule has 0 bridgehead atoms. The summed E-state index contributed by atoms with van der Waals surface area (Å²) in [5.41, 5.74) is 0.781. The van der Waals surface area contributed by atoms with Crippen molar-refractivity contribution in [3.8, 4) is 5.75 Å². The average Bonchev–Trinajstić information content (AvgIpc) is 2.34. The molecule has 1 rings (SSSR count). The zero-order chi connectivity index (χ0) is 14.3. The molecule has 2 nitrogen and oxygen atoms in total. The van der Waals surface area contributed by atoms with Gasteiger partial charge in [0.2, 0.25) is 0 Å². The number of ether oxygens (including phenoxy) is 1. The molecule has 5 heteroatoms. The van der Waals surface area contributed by atoms with Crippen molar-refractivity contribution < 1.29 is 17.9 Å². The van der Waals surface area contributed by atoms with E-state index < -0.39 is 12.6 Å². The van der Waals surface area contributed by atoms with Crippen LogP contribution in [-0.2, 0) is 0 Å². The van der Waals surface area contributed by atoms with Gasteiger partial charge in [-0.3, -0.25) is 0 Å². The predicted octanol–water partition coefficient (Wildman–Crippen LogP) is 4.62. The van der Waals surface area contributed by atoms with Crippen molar-refractivity contribution in [2.75, 3.05) is 11.9 Å². The van der Waals surface area contributed by atoms with Crippen molar-refractivity contribution >= 4 is 5.69 Å². The van der Waals surface area contributed by atoms with E-state index in [4.69, 9.17) is 4.74 Å². The van der Waals surface area contributed by atoms with Gasteiger partial charge in [0.25, 0.3) is 0 Å². The van der Waals surface area contributed by atoms with Crippen molar-refractivity contribution in [2.45, 2.75) is 45.4 Å². The van der Waals surface area contributed by atoms with E-state index in [9.17, 15) is 13.2 Å². The molecule has 0 spiro atoms. The topological polar surface area (TPSA) is 21.3 Å². The van der Waals surface area contributed by atoms with Gasteiger partial charge in [0.05, 0.1) is 6.10 Å². The lowest BCUT2D eigenvalue weighted by atomic mass is 10.2. The van der Waals surface area contributed by atoms with Gasteiger partial charge in [-0.15, -0.1) is 0 Å². The van der Waals surface area contributed by atoms with Gasteiger partial charge in [-0.05, 0) is 31.9 Å². The Labute approximate surface area is 112 Å². The monoisotopic (exact) mass is 275 g/mol. The SMILES string of the molecule is CCC(C)Oc1cccc(NCCCC(F)(F)F)c1. The Balaban J connectivity index is 2.40. The number of rotatable bonds is 7. The Bertz CT molecular complexity index is 379. The molecule has 0 saturated heterocycles. The fraction of sp³-hybridized carbons (Fsp3) is 0.571. The Morgan fingerprint density at radius 1 is 1.32 bits per heavy atom. The van der Waals surface area contributed by atoms with Crippen LogP contribution < -0.4 is 10.1 Å². The van der Waals surface area contributed by atoms with E-state index >= 15 is 0 Å². The normalized spacial score (nSPS) is 13.1. The van der Waals surface area contributed by atoms with Gasteiger partial charge in [-0.25, -0.2) is 0 Å². The predicted molar refractivity (Wildman–Crippen MR) is 70.6 cm³/mol. The Kier molecular flexibility index (Phi) is 5.99. The van der Waals surface area contributed by atoms with Crippen molar-refractivity contribution in [2.24, 2.45) is 0 Å². The lowest BCUT2D eigenvalue weighted by Crippen LogP contribution is -2.11. The summed E-state index contributed by atoms with van der Waals surface area (Å²) in [4.78, 5) is 0. The molecule has 1 atom stereocenters. The van der Waals surface area contributed by atoms with E-state index in [1.165, 1.54) is 0 Å². The maximum atomic E-state index is 12.0. The van der Waals surface area contributed by atoms with Crippen LogP contribution in [0.3, 0.4) is 0 Å². The molecule has 0 saturated carbocycles. The maximum absolute atomic E-state index is 12.0. The summed E-state index contributed by atoms with van der Waals surface area (Å²) in [6.45, 7) is 4.31. The Morgan fingerprint density at radius 3 is 2.68 bits per heavy atom. The average molecular weight is 275 g/mol. The van der Waals surface area contributed by atoms with Gasteiger partial charge >= 0.3 is 6.18 Å². The van der Waals surface area contributed by atoms with E-state index in [0.717, 1.165) is 17.9 Å². The first-order chi connectivity index (χ1) is 8.90. The smallest absolute Gasteiger partial charge is 0.389 e. The van der Waals surface area contributed by atoms with Crippen LogP contribution in [0.15, 0.2) is 24.3 Å². The van der Waals surface area contributed by atoms with Crippen LogP contribution in [0.1, 0.15) is 33.1 Å². The molecular formula is C14H20F3NO. The second kappa shape index (κ2) is 7.26. The molecule has 1 aromatic rings. The van der Waals surface area contributed by atoms with E-state index in [1.807, 2.05) is 32.0 Å². The summed E-state index contributed by atoms with van der Waals surface area (Å²) in [6, 6.07) is 7.29. The quantitative estimate of drug-likeness (QED) is 0.733. The molecule has 0 aliphatic carbocycles. The number of hydrogen-bond acceptors (Lipinski definition) is 2. The Hall–Kier alpha value is -1.39. The van der Waals surface area contributed by atoms with Crippen molar-refractivity contribution in [1.29, 1.82) is 0 Å². The van der Waals surface area contributed by atoms with Crippen LogP contribution in [0.5, 0.6) is 5.75 Å². The van der Waals surface area contributed by atoms with Crippen LogP contribution in [0.4, 0.5) is 18.9 Å². The molecule has 0 aliphatic rings. The minimum Gasteiger partial charge on any atom is -0.491 e. The number of hydrogen-bond donors (Lipinski definition) is 1. The third-order valence-electron chi connectivity index (χ3n) is 2.71. The molecular weight excluding hydrogens is 255 g/mol. The third-order valence-corrected chi connectivity index (χ3v) is 2.71. The molecule has 1 unspecified atom stereocenters. The standard InChI is InChI=1S/C14H20F3NO/c1-3-11(2)19-13-7-4-6-12(10-13)18-9-5-8-14(15,16)17/h4,6-7,10-11,18H,3,5,8-9H2,1-2H3. The highest BCUT2D eigenvalue weighted by Gasteiger charge is 2.25. The molecule has 0 radical (unpaired) electrons. The highest BCUT2D eigenvalue weighted by molar-refractivity contribution is 5.48. The summed E-state index contributed by atoms with van der Waals surface area (Å²) in [7, 11) is 0. The lowest BCUT2D eigenvalue weighted by molar-refractivity contribution is -0.134. The number of nitrogens with one attached hydrogen (secondary N) is 1. The Morgan fingerprint density at radius 2 is 2.05 bits per heavy atom. The van der Waals surface area contributed by atoms with Crippen LogP contribution in [0.2, 0.25) is 0 Å². The van der Waals surface area contributed by atoms with E-state index in [1.54, 1.807) is 6.07 Å². The van der Waals surface area contributed by atoms with Crippen molar-refractivity contribution in [3.05, 3.63) is 24.3 Å². The summed E-state index contributed by atoms with van der Waals surface area (Å²) in [5, 5.41) is 2.97.